The monoisotopic (exact) mass is 474 g/mol. The summed E-state index contributed by atoms with van der Waals surface area (Å²) in [6.45, 7) is 8.84. The molecule has 1 aliphatic heterocycles. The Morgan fingerprint density at radius 1 is 1.03 bits per heavy atom. The fourth-order valence-electron chi connectivity index (χ4n) is 3.82. The van der Waals surface area contributed by atoms with Crippen LogP contribution in [0.1, 0.15) is 12.5 Å². The second kappa shape index (κ2) is 14.0. The number of aliphatic hydroxyl groups is 1. The van der Waals surface area contributed by atoms with Crippen molar-refractivity contribution in [2.45, 2.75) is 19.6 Å². The zero-order valence-electron chi connectivity index (χ0n) is 20.6. The maximum absolute atomic E-state index is 10.4. The van der Waals surface area contributed by atoms with E-state index in [2.05, 4.69) is 9.80 Å². The summed E-state index contributed by atoms with van der Waals surface area (Å²) in [5.41, 5.74) is 1.09. The van der Waals surface area contributed by atoms with Crippen LogP contribution >= 0.6 is 0 Å². The molecular weight excluding hydrogens is 436 g/mol. The highest BCUT2D eigenvalue weighted by Crippen LogP contribution is 2.29. The smallest absolute Gasteiger partial charge is 0.161 e. The molecule has 0 aromatic heterocycles. The number of aliphatic hydroxyl groups excluding tert-OH is 1. The molecule has 2 aromatic rings. The Balaban J connectivity index is 1.46. The first-order chi connectivity index (χ1) is 16.6. The fourth-order valence-corrected chi connectivity index (χ4v) is 3.82. The topological polar surface area (TPSA) is 72.9 Å². The predicted molar refractivity (Wildman–Crippen MR) is 131 cm³/mol. The van der Waals surface area contributed by atoms with Crippen molar-refractivity contribution in [1.29, 1.82) is 0 Å². The summed E-state index contributed by atoms with van der Waals surface area (Å²) in [7, 11) is 3.59. The molecule has 3 rings (SSSR count). The van der Waals surface area contributed by atoms with Gasteiger partial charge in [-0.1, -0.05) is 12.1 Å². The van der Waals surface area contributed by atoms with Crippen molar-refractivity contribution < 1.29 is 28.8 Å². The van der Waals surface area contributed by atoms with E-state index in [0.29, 0.717) is 32.1 Å². The van der Waals surface area contributed by atoms with E-state index in [1.54, 1.807) is 13.2 Å². The number of methoxy groups -OCH3 is 1. The van der Waals surface area contributed by atoms with Gasteiger partial charge in [0.05, 0.1) is 26.9 Å². The SMILES string of the molecule is CCOc1cc(CN(C)C[C@H](O)COc2cccc(OC)c2)ccc1OCCN1CCOCC1. The van der Waals surface area contributed by atoms with Gasteiger partial charge in [0.15, 0.2) is 11.5 Å². The van der Waals surface area contributed by atoms with Crippen LogP contribution in [0.25, 0.3) is 0 Å². The maximum atomic E-state index is 10.4. The lowest BCUT2D eigenvalue weighted by atomic mass is 10.2. The first-order valence-corrected chi connectivity index (χ1v) is 11.9. The van der Waals surface area contributed by atoms with Crippen LogP contribution in [0.2, 0.25) is 0 Å². The van der Waals surface area contributed by atoms with Gasteiger partial charge in [-0.15, -0.1) is 0 Å². The number of benzene rings is 2. The van der Waals surface area contributed by atoms with E-state index in [0.717, 1.165) is 55.7 Å². The summed E-state index contributed by atoms with van der Waals surface area (Å²) in [4.78, 5) is 4.40. The van der Waals surface area contributed by atoms with Gasteiger partial charge in [-0.25, -0.2) is 0 Å². The van der Waals surface area contributed by atoms with Gasteiger partial charge in [0.2, 0.25) is 0 Å². The molecule has 1 atom stereocenters. The molecular formula is C26H38N2O6. The Labute approximate surface area is 202 Å². The second-order valence-electron chi connectivity index (χ2n) is 8.36. The minimum absolute atomic E-state index is 0.206. The van der Waals surface area contributed by atoms with Crippen molar-refractivity contribution in [3.8, 4) is 23.0 Å². The van der Waals surface area contributed by atoms with Gasteiger partial charge in [0.25, 0.3) is 0 Å². The van der Waals surface area contributed by atoms with E-state index in [-0.39, 0.29) is 6.61 Å². The highest BCUT2D eigenvalue weighted by atomic mass is 16.5. The largest absolute Gasteiger partial charge is 0.497 e. The van der Waals surface area contributed by atoms with Gasteiger partial charge in [-0.3, -0.25) is 9.80 Å². The molecule has 0 spiro atoms. The van der Waals surface area contributed by atoms with Crippen LogP contribution in [-0.4, -0.2) is 94.4 Å². The molecule has 1 saturated heterocycles. The fraction of sp³-hybridized carbons (Fsp3) is 0.538. The Morgan fingerprint density at radius 2 is 1.82 bits per heavy atom. The van der Waals surface area contributed by atoms with Crippen molar-refractivity contribution in [1.82, 2.24) is 9.80 Å². The Morgan fingerprint density at radius 3 is 2.59 bits per heavy atom. The van der Waals surface area contributed by atoms with Crippen molar-refractivity contribution in [3.05, 3.63) is 48.0 Å². The van der Waals surface area contributed by atoms with Gasteiger partial charge in [-0.2, -0.15) is 0 Å². The number of hydrogen-bond acceptors (Lipinski definition) is 8. The number of morpholine rings is 1. The van der Waals surface area contributed by atoms with Gasteiger partial charge in [0, 0.05) is 38.8 Å². The first kappa shape index (κ1) is 26.1. The summed E-state index contributed by atoms with van der Waals surface area (Å²) in [6.07, 6.45) is -0.620. The molecule has 8 heteroatoms. The minimum Gasteiger partial charge on any atom is -0.497 e. The Kier molecular flexibility index (Phi) is 10.8. The summed E-state index contributed by atoms with van der Waals surface area (Å²) in [6, 6.07) is 13.4. The molecule has 1 fully saturated rings. The number of likely N-dealkylation sites (N-methyl/N-ethyl adjacent to an activating group) is 1. The standard InChI is InChI=1S/C26H38N2O6/c1-4-32-26-16-21(8-9-25(26)33-15-12-28-10-13-31-14-11-28)18-27(2)19-22(29)20-34-24-7-5-6-23(17-24)30-3/h5-9,16-17,22,29H,4,10-15,18-20H2,1-3H3/t22-/m0/s1. The molecule has 0 aliphatic carbocycles. The van der Waals surface area contributed by atoms with Crippen molar-refractivity contribution in [2.24, 2.45) is 0 Å². The molecule has 0 saturated carbocycles. The second-order valence-corrected chi connectivity index (χ2v) is 8.36. The summed E-state index contributed by atoms with van der Waals surface area (Å²) >= 11 is 0. The normalized spacial score (nSPS) is 15.2. The third kappa shape index (κ3) is 8.68. The lowest BCUT2D eigenvalue weighted by molar-refractivity contribution is 0.0320. The highest BCUT2D eigenvalue weighted by Gasteiger charge is 2.14. The Bertz CT molecular complexity index is 859. The molecule has 34 heavy (non-hydrogen) atoms. The predicted octanol–water partition coefficient (Wildman–Crippen LogP) is 2.68. The Hall–Kier alpha value is -2.52. The molecule has 0 bridgehead atoms. The number of rotatable bonds is 14. The summed E-state index contributed by atoms with van der Waals surface area (Å²) in [5.74, 6) is 2.90. The van der Waals surface area contributed by atoms with Crippen LogP contribution in [0.15, 0.2) is 42.5 Å². The quantitative estimate of drug-likeness (QED) is 0.448. The van der Waals surface area contributed by atoms with Crippen LogP contribution in [-0.2, 0) is 11.3 Å². The van der Waals surface area contributed by atoms with Crippen LogP contribution in [0, 0.1) is 0 Å². The van der Waals surface area contributed by atoms with Crippen LogP contribution in [0.3, 0.4) is 0 Å². The molecule has 2 aromatic carbocycles. The number of ether oxygens (including phenoxy) is 5. The molecule has 8 nitrogen and oxygen atoms in total. The third-order valence-corrected chi connectivity index (χ3v) is 5.54. The zero-order valence-corrected chi connectivity index (χ0v) is 20.6. The first-order valence-electron chi connectivity index (χ1n) is 11.9. The maximum Gasteiger partial charge on any atom is 0.161 e. The molecule has 0 unspecified atom stereocenters. The molecule has 0 amide bonds. The number of nitrogens with zero attached hydrogens (tertiary/aromatic N) is 2. The molecule has 188 valence electrons. The van der Waals surface area contributed by atoms with Gasteiger partial charge in [0.1, 0.15) is 30.8 Å². The third-order valence-electron chi connectivity index (χ3n) is 5.54. The van der Waals surface area contributed by atoms with E-state index in [1.165, 1.54) is 0 Å². The van der Waals surface area contributed by atoms with E-state index in [1.807, 2.05) is 50.4 Å². The average molecular weight is 475 g/mol. The molecule has 0 radical (unpaired) electrons. The van der Waals surface area contributed by atoms with E-state index in [9.17, 15) is 5.11 Å². The summed E-state index contributed by atoms with van der Waals surface area (Å²) < 4.78 is 28.2. The molecule has 1 aliphatic rings. The van der Waals surface area contributed by atoms with Gasteiger partial charge in [-0.05, 0) is 43.8 Å². The van der Waals surface area contributed by atoms with Crippen molar-refractivity contribution >= 4 is 0 Å². The average Bonchev–Trinajstić information content (AvgIpc) is 2.85. The van der Waals surface area contributed by atoms with Crippen molar-refractivity contribution in [3.63, 3.8) is 0 Å². The summed E-state index contributed by atoms with van der Waals surface area (Å²) in [5, 5.41) is 10.4. The lowest BCUT2D eigenvalue weighted by Gasteiger charge is -2.26. The minimum atomic E-state index is -0.620. The van der Waals surface area contributed by atoms with Gasteiger partial charge >= 0.3 is 0 Å². The van der Waals surface area contributed by atoms with Gasteiger partial charge < -0.3 is 28.8 Å². The lowest BCUT2D eigenvalue weighted by Crippen LogP contribution is -2.38. The number of hydrogen-bond donors (Lipinski definition) is 1. The molecule has 1 heterocycles. The van der Waals surface area contributed by atoms with E-state index < -0.39 is 6.10 Å². The van der Waals surface area contributed by atoms with Crippen LogP contribution in [0.5, 0.6) is 23.0 Å². The van der Waals surface area contributed by atoms with Crippen molar-refractivity contribution in [2.75, 3.05) is 73.4 Å². The van der Waals surface area contributed by atoms with E-state index in [4.69, 9.17) is 23.7 Å². The zero-order chi connectivity index (χ0) is 24.2. The highest BCUT2D eigenvalue weighted by molar-refractivity contribution is 5.43. The van der Waals surface area contributed by atoms with E-state index >= 15 is 0 Å². The molecule has 1 N–H and O–H groups in total. The van der Waals surface area contributed by atoms with Crippen LogP contribution in [0.4, 0.5) is 0 Å². The van der Waals surface area contributed by atoms with Crippen LogP contribution < -0.4 is 18.9 Å².